The Morgan fingerprint density at radius 2 is 2.00 bits per heavy atom. The van der Waals surface area contributed by atoms with E-state index in [1.54, 1.807) is 0 Å². The Morgan fingerprint density at radius 1 is 1.39 bits per heavy atom. The van der Waals surface area contributed by atoms with E-state index in [0.29, 0.717) is 11.6 Å². The van der Waals surface area contributed by atoms with Gasteiger partial charge < -0.3 is 5.11 Å². The Bertz CT molecular complexity index is 513. The molecule has 0 aromatic heterocycles. The third-order valence-electron chi connectivity index (χ3n) is 3.43. The van der Waals surface area contributed by atoms with Crippen LogP contribution in [0.5, 0.6) is 0 Å². The van der Waals surface area contributed by atoms with Crippen LogP contribution in [0.1, 0.15) is 32.6 Å². The molecule has 100 valence electrons. The van der Waals surface area contributed by atoms with E-state index in [1.807, 2.05) is 0 Å². The van der Waals surface area contributed by atoms with Gasteiger partial charge in [0, 0.05) is 5.70 Å². The fourth-order valence-corrected chi connectivity index (χ4v) is 3.34. The molecule has 0 bridgehead atoms. The van der Waals surface area contributed by atoms with Crippen LogP contribution in [0.25, 0.3) is 0 Å². The zero-order chi connectivity index (χ0) is 13.3. The summed E-state index contributed by atoms with van der Waals surface area (Å²) < 4.78 is 28.5. The molecule has 7 heteroatoms. The lowest BCUT2D eigenvalue weighted by molar-refractivity contribution is -0.129. The number of nitrogens with one attached hydrogen (secondary N) is 1. The van der Waals surface area contributed by atoms with E-state index in [-0.39, 0.29) is 5.92 Å². The van der Waals surface area contributed by atoms with Crippen LogP contribution < -0.4 is 4.72 Å². The number of carbonyl (C=O) groups is 1. The van der Waals surface area contributed by atoms with Crippen molar-refractivity contribution in [2.24, 2.45) is 16.2 Å². The summed E-state index contributed by atoms with van der Waals surface area (Å²) >= 11 is 0. The number of carboxylic acid groups (broad SMARTS) is 1. The maximum Gasteiger partial charge on any atom is 0.355 e. The standard InChI is InChI=1S/C11H16N2O4S/c1-7-2-4-8(5-3-7)9-6-10(11(14)15)13-18(16,17)12-9/h6-8,12H,2-5H2,1H3,(H,14,15). The van der Waals surface area contributed by atoms with Crippen LogP contribution in [0.4, 0.5) is 0 Å². The number of hydrogen-bond donors (Lipinski definition) is 2. The molecule has 0 spiro atoms. The maximum atomic E-state index is 11.5. The summed E-state index contributed by atoms with van der Waals surface area (Å²) in [7, 11) is -3.90. The first-order valence-corrected chi connectivity index (χ1v) is 7.39. The van der Waals surface area contributed by atoms with Crippen molar-refractivity contribution in [3.63, 3.8) is 0 Å². The average Bonchev–Trinajstić information content (AvgIpc) is 2.27. The van der Waals surface area contributed by atoms with Gasteiger partial charge in [0.05, 0.1) is 0 Å². The van der Waals surface area contributed by atoms with Crippen LogP contribution in [0, 0.1) is 11.8 Å². The molecular weight excluding hydrogens is 256 g/mol. The van der Waals surface area contributed by atoms with Crippen molar-refractivity contribution in [3.8, 4) is 0 Å². The lowest BCUT2D eigenvalue weighted by atomic mass is 9.81. The summed E-state index contributed by atoms with van der Waals surface area (Å²) in [5.74, 6) is -0.586. The van der Waals surface area contributed by atoms with E-state index in [9.17, 15) is 13.2 Å². The number of aliphatic carboxylic acids is 1. The maximum absolute atomic E-state index is 11.5. The highest BCUT2D eigenvalue weighted by atomic mass is 32.2. The first-order chi connectivity index (χ1) is 8.37. The summed E-state index contributed by atoms with van der Waals surface area (Å²) in [5, 5.41) is 8.86. The largest absolute Gasteiger partial charge is 0.476 e. The Balaban J connectivity index is 2.23. The second kappa shape index (κ2) is 4.72. The number of allylic oxidation sites excluding steroid dienone is 1. The average molecular weight is 272 g/mol. The molecule has 0 atom stereocenters. The van der Waals surface area contributed by atoms with Crippen LogP contribution in [0.3, 0.4) is 0 Å². The molecule has 1 aliphatic heterocycles. The molecule has 2 aliphatic rings. The molecule has 2 N–H and O–H groups in total. The Kier molecular flexibility index (Phi) is 3.43. The van der Waals surface area contributed by atoms with Crippen molar-refractivity contribution in [3.05, 3.63) is 11.8 Å². The van der Waals surface area contributed by atoms with Crippen LogP contribution in [-0.4, -0.2) is 25.2 Å². The zero-order valence-corrected chi connectivity index (χ0v) is 10.9. The van der Waals surface area contributed by atoms with Gasteiger partial charge in [0.25, 0.3) is 0 Å². The number of nitrogens with zero attached hydrogens (tertiary/aromatic N) is 1. The van der Waals surface area contributed by atoms with Gasteiger partial charge in [-0.05, 0) is 30.8 Å². The smallest absolute Gasteiger partial charge is 0.355 e. The second-order valence-electron chi connectivity index (χ2n) is 4.92. The predicted octanol–water partition coefficient (Wildman–Crippen LogP) is 1.07. The van der Waals surface area contributed by atoms with Crippen LogP contribution in [0.15, 0.2) is 16.2 Å². The lowest BCUT2D eigenvalue weighted by Crippen LogP contribution is -2.33. The highest BCUT2D eigenvalue weighted by molar-refractivity contribution is 7.88. The molecule has 1 saturated carbocycles. The van der Waals surface area contributed by atoms with E-state index in [4.69, 9.17) is 5.11 Å². The van der Waals surface area contributed by atoms with E-state index in [2.05, 4.69) is 16.0 Å². The van der Waals surface area contributed by atoms with Crippen molar-refractivity contribution in [1.29, 1.82) is 0 Å². The van der Waals surface area contributed by atoms with Gasteiger partial charge in [-0.25, -0.2) is 4.79 Å². The molecular formula is C11H16N2O4S. The monoisotopic (exact) mass is 272 g/mol. The molecule has 2 rings (SSSR count). The van der Waals surface area contributed by atoms with Crippen LogP contribution >= 0.6 is 0 Å². The van der Waals surface area contributed by atoms with Gasteiger partial charge in [-0.2, -0.15) is 8.42 Å². The van der Waals surface area contributed by atoms with Gasteiger partial charge in [0.2, 0.25) is 0 Å². The summed E-state index contributed by atoms with van der Waals surface area (Å²) in [6.45, 7) is 2.17. The van der Waals surface area contributed by atoms with Crippen LogP contribution in [-0.2, 0) is 15.0 Å². The van der Waals surface area contributed by atoms with Crippen molar-refractivity contribution in [2.45, 2.75) is 32.6 Å². The fourth-order valence-electron chi connectivity index (χ4n) is 2.38. The molecule has 1 fully saturated rings. The van der Waals surface area contributed by atoms with E-state index >= 15 is 0 Å². The minimum Gasteiger partial charge on any atom is -0.476 e. The molecule has 18 heavy (non-hydrogen) atoms. The third-order valence-corrected chi connectivity index (χ3v) is 4.36. The first kappa shape index (κ1) is 13.1. The van der Waals surface area contributed by atoms with Crippen molar-refractivity contribution >= 4 is 21.9 Å². The Morgan fingerprint density at radius 3 is 2.56 bits per heavy atom. The highest BCUT2D eigenvalue weighted by Crippen LogP contribution is 2.33. The topological polar surface area (TPSA) is 95.8 Å². The second-order valence-corrected chi connectivity index (χ2v) is 6.25. The zero-order valence-electron chi connectivity index (χ0n) is 10.1. The van der Waals surface area contributed by atoms with Crippen LogP contribution in [0.2, 0.25) is 0 Å². The molecule has 0 saturated heterocycles. The molecule has 0 radical (unpaired) electrons. The fraction of sp³-hybridized carbons (Fsp3) is 0.636. The van der Waals surface area contributed by atoms with E-state index in [1.165, 1.54) is 6.08 Å². The third kappa shape index (κ3) is 2.90. The summed E-state index contributed by atoms with van der Waals surface area (Å²) in [6, 6.07) is 0. The summed E-state index contributed by atoms with van der Waals surface area (Å²) in [4.78, 5) is 10.9. The lowest BCUT2D eigenvalue weighted by Gasteiger charge is -2.29. The molecule has 0 amide bonds. The first-order valence-electron chi connectivity index (χ1n) is 5.95. The van der Waals surface area contributed by atoms with Crippen molar-refractivity contribution < 1.29 is 18.3 Å². The minimum atomic E-state index is -3.90. The van der Waals surface area contributed by atoms with Gasteiger partial charge in [-0.1, -0.05) is 19.8 Å². The van der Waals surface area contributed by atoms with Crippen molar-refractivity contribution in [1.82, 2.24) is 4.72 Å². The minimum absolute atomic E-state index is 0.0841. The molecule has 1 heterocycles. The molecule has 6 nitrogen and oxygen atoms in total. The summed E-state index contributed by atoms with van der Waals surface area (Å²) in [5.41, 5.74) is 0.0525. The van der Waals surface area contributed by atoms with Crippen molar-refractivity contribution in [2.75, 3.05) is 0 Å². The van der Waals surface area contributed by atoms with E-state index in [0.717, 1.165) is 25.7 Å². The number of rotatable bonds is 2. The summed E-state index contributed by atoms with van der Waals surface area (Å²) in [6.07, 6.45) is 5.15. The normalized spacial score (nSPS) is 30.9. The Hall–Kier alpha value is -1.37. The Labute approximate surface area is 106 Å². The molecule has 0 aromatic carbocycles. The SMILES string of the molecule is CC1CCC(C2=CC(C(=O)O)=NS(=O)(=O)N2)CC1. The highest BCUT2D eigenvalue weighted by Gasteiger charge is 2.28. The quantitative estimate of drug-likeness (QED) is 0.786. The molecule has 0 unspecified atom stereocenters. The predicted molar refractivity (Wildman–Crippen MR) is 66.3 cm³/mol. The number of carboxylic acids is 1. The molecule has 1 aliphatic carbocycles. The van der Waals surface area contributed by atoms with Gasteiger partial charge >= 0.3 is 16.2 Å². The molecule has 0 aromatic rings. The van der Waals surface area contributed by atoms with Gasteiger partial charge in [-0.3, -0.25) is 4.72 Å². The van der Waals surface area contributed by atoms with E-state index < -0.39 is 21.9 Å². The van der Waals surface area contributed by atoms with Gasteiger partial charge in [0.15, 0.2) is 5.71 Å². The number of hydrogen-bond acceptors (Lipinski definition) is 3. The van der Waals surface area contributed by atoms with Gasteiger partial charge in [0.1, 0.15) is 0 Å². The van der Waals surface area contributed by atoms with Gasteiger partial charge in [-0.15, -0.1) is 4.40 Å².